The normalized spacial score (nSPS) is 12.2. The van der Waals surface area contributed by atoms with Crippen molar-refractivity contribution >= 4 is 31.1 Å². The van der Waals surface area contributed by atoms with E-state index in [1.807, 2.05) is 0 Å². The van der Waals surface area contributed by atoms with Crippen molar-refractivity contribution in [1.29, 1.82) is 0 Å². The topological polar surface area (TPSA) is 0 Å². The van der Waals surface area contributed by atoms with Crippen LogP contribution in [0.4, 0.5) is 0 Å². The molecule has 0 amide bonds. The molecule has 0 N–H and O–H groups in total. The minimum atomic E-state index is 0. The van der Waals surface area contributed by atoms with Gasteiger partial charge in [0.15, 0.2) is 0 Å². The summed E-state index contributed by atoms with van der Waals surface area (Å²) < 4.78 is 0. The first kappa shape index (κ1) is 32.3. The Kier molecular flexibility index (Phi) is 15.8. The van der Waals surface area contributed by atoms with Gasteiger partial charge in [-0.15, -0.1) is 70.1 Å². The molecule has 0 saturated carbocycles. The van der Waals surface area contributed by atoms with Crippen LogP contribution in [0.5, 0.6) is 0 Å². The summed E-state index contributed by atoms with van der Waals surface area (Å²) in [5, 5.41) is 5.71. The van der Waals surface area contributed by atoms with Gasteiger partial charge < -0.3 is 24.8 Å². The number of aryl methyl sites for hydroxylation is 3. The Balaban J connectivity index is 0.000000554. The smallest absolute Gasteiger partial charge is 1.00 e. The van der Waals surface area contributed by atoms with E-state index in [-0.39, 0.29) is 51.0 Å². The van der Waals surface area contributed by atoms with Gasteiger partial charge in [0.2, 0.25) is 0 Å². The molecule has 1 atom stereocenters. The summed E-state index contributed by atoms with van der Waals surface area (Å²) in [6, 6.07) is 22.3. The second-order valence-corrected chi connectivity index (χ2v) is 9.64. The molecular weight excluding hydrogens is 539 g/mol. The van der Waals surface area contributed by atoms with Crippen molar-refractivity contribution < 1.29 is 51.0 Å². The Bertz CT molecular complexity index is 1080. The van der Waals surface area contributed by atoms with Crippen LogP contribution in [0.2, 0.25) is 13.1 Å². The monoisotopic (exact) mass is 572 g/mol. The number of rotatable bonds is 3. The third-order valence-electron chi connectivity index (χ3n) is 6.17. The fourth-order valence-electron chi connectivity index (χ4n) is 4.62. The van der Waals surface area contributed by atoms with E-state index in [9.17, 15) is 0 Å². The van der Waals surface area contributed by atoms with Crippen LogP contribution in [-0.2, 0) is 39.0 Å². The van der Waals surface area contributed by atoms with E-state index in [0.717, 1.165) is 9.52 Å². The molecule has 2 radical (unpaired) electrons. The molecule has 0 heterocycles. The van der Waals surface area contributed by atoms with Crippen LogP contribution in [0.1, 0.15) is 61.3 Å². The van der Waals surface area contributed by atoms with Crippen LogP contribution in [-0.4, -0.2) is 9.52 Å². The number of halogens is 2. The molecule has 1 aliphatic rings. The van der Waals surface area contributed by atoms with E-state index in [1.165, 1.54) is 59.2 Å². The molecule has 0 fully saturated rings. The Morgan fingerprint density at radius 1 is 0.909 bits per heavy atom. The molecular formula is C29H36Cl2SiZr. The van der Waals surface area contributed by atoms with Gasteiger partial charge in [-0.1, -0.05) is 69.8 Å². The summed E-state index contributed by atoms with van der Waals surface area (Å²) in [5.74, 6) is 0.706. The Morgan fingerprint density at radius 3 is 2.15 bits per heavy atom. The van der Waals surface area contributed by atoms with Crippen molar-refractivity contribution in [2.75, 3.05) is 0 Å². The van der Waals surface area contributed by atoms with Crippen LogP contribution in [0.15, 0.2) is 60.7 Å². The van der Waals surface area contributed by atoms with Gasteiger partial charge in [-0.3, -0.25) is 0 Å². The first-order chi connectivity index (χ1) is 14.6. The van der Waals surface area contributed by atoms with Gasteiger partial charge in [-0.2, -0.15) is 17.2 Å². The summed E-state index contributed by atoms with van der Waals surface area (Å²) >= 11 is 0. The number of hydrogen-bond acceptors (Lipinski definition) is 0. The molecule has 0 bridgehead atoms. The molecule has 0 aliphatic heterocycles. The fourth-order valence-corrected chi connectivity index (χ4v) is 4.62. The first-order valence-corrected chi connectivity index (χ1v) is 13.5. The van der Waals surface area contributed by atoms with Crippen LogP contribution in [0.3, 0.4) is 0 Å². The van der Waals surface area contributed by atoms with E-state index in [4.69, 9.17) is 0 Å². The Labute approximate surface area is 235 Å². The minimum Gasteiger partial charge on any atom is -1.00 e. The van der Waals surface area contributed by atoms with Crippen LogP contribution >= 0.6 is 0 Å². The third kappa shape index (κ3) is 8.21. The van der Waals surface area contributed by atoms with Gasteiger partial charge in [0.05, 0.1) is 0 Å². The summed E-state index contributed by atoms with van der Waals surface area (Å²) in [7, 11) is 1.08. The molecule has 5 rings (SSSR count). The predicted octanol–water partition coefficient (Wildman–Crippen LogP) is 2.61. The zero-order valence-electron chi connectivity index (χ0n) is 20.6. The Morgan fingerprint density at radius 2 is 1.52 bits per heavy atom. The van der Waals surface area contributed by atoms with Gasteiger partial charge in [0.1, 0.15) is 0 Å². The first-order valence-electron chi connectivity index (χ1n) is 11.5. The molecule has 4 aromatic rings. The van der Waals surface area contributed by atoms with Gasteiger partial charge in [0.25, 0.3) is 0 Å². The maximum atomic E-state index is 2.47. The second-order valence-electron chi connectivity index (χ2n) is 8.64. The largest absolute Gasteiger partial charge is 4.00 e. The maximum Gasteiger partial charge on any atom is 4.00 e. The number of hydrogen-bond donors (Lipinski definition) is 0. The predicted molar refractivity (Wildman–Crippen MR) is 137 cm³/mol. The molecule has 1 aliphatic carbocycles. The maximum absolute atomic E-state index is 2.47. The van der Waals surface area contributed by atoms with E-state index in [0.29, 0.717) is 5.92 Å². The molecule has 1 unspecified atom stereocenters. The van der Waals surface area contributed by atoms with Crippen LogP contribution < -0.4 is 24.8 Å². The minimum absolute atomic E-state index is 0. The van der Waals surface area contributed by atoms with Crippen molar-refractivity contribution in [1.82, 2.24) is 0 Å². The van der Waals surface area contributed by atoms with Crippen molar-refractivity contribution in [3.8, 4) is 0 Å². The standard InChI is InChI=1S/C17H21.C10H9.C2H6Si.2ClH.Zr/c1-3-5-12(2)16-9-8-15-10-13-6-4-7-14(13)11-17(15)16;1-8-6-7-9-4-2-3-5-10(8)9;1-3-2;;;/h8-12H,3-7H2,1-2H3;2-7H,1H3;1-2H3;2*1H;/q2*-1;;;;+4/p-2. The van der Waals surface area contributed by atoms with Crippen LogP contribution in [0.25, 0.3) is 21.5 Å². The summed E-state index contributed by atoms with van der Waals surface area (Å²) in [4.78, 5) is 0. The number of benzene rings is 2. The van der Waals surface area contributed by atoms with Crippen LogP contribution in [0, 0.1) is 6.92 Å². The van der Waals surface area contributed by atoms with Gasteiger partial charge in [-0.05, 0) is 19.3 Å². The van der Waals surface area contributed by atoms with Gasteiger partial charge in [-0.25, -0.2) is 0 Å². The SMILES string of the molecule is CCCC(C)c1c[cH-]c2cc3c(cc12)CCC3.C[Si]C.Cc1c[cH-]c2ccccc12.[Cl-].[Cl-].[Zr+4]. The molecule has 0 aromatic heterocycles. The van der Waals surface area contributed by atoms with E-state index in [2.05, 4.69) is 94.5 Å². The molecule has 0 saturated heterocycles. The summed E-state index contributed by atoms with van der Waals surface area (Å²) in [5.41, 5.74) is 6.14. The average Bonchev–Trinajstić information content (AvgIpc) is 3.46. The fraction of sp³-hybridized carbons (Fsp3) is 0.379. The van der Waals surface area contributed by atoms with Crippen molar-refractivity contribution in [2.24, 2.45) is 0 Å². The van der Waals surface area contributed by atoms with Gasteiger partial charge in [0, 0.05) is 9.52 Å². The van der Waals surface area contributed by atoms with E-state index in [1.54, 1.807) is 16.7 Å². The van der Waals surface area contributed by atoms with E-state index < -0.39 is 0 Å². The zero-order valence-corrected chi connectivity index (χ0v) is 25.6. The quantitative estimate of drug-likeness (QED) is 0.261. The molecule has 33 heavy (non-hydrogen) atoms. The number of fused-ring (bicyclic) bond motifs is 3. The third-order valence-corrected chi connectivity index (χ3v) is 6.17. The van der Waals surface area contributed by atoms with E-state index >= 15 is 0 Å². The second kappa shape index (κ2) is 16.1. The molecule has 4 aromatic carbocycles. The zero-order chi connectivity index (χ0) is 21.5. The molecule has 4 heteroatoms. The summed E-state index contributed by atoms with van der Waals surface area (Å²) in [6.45, 7) is 11.1. The Hall–Kier alpha value is -0.660. The van der Waals surface area contributed by atoms with Crippen molar-refractivity contribution in [3.05, 3.63) is 82.9 Å². The van der Waals surface area contributed by atoms with Gasteiger partial charge >= 0.3 is 26.2 Å². The molecule has 0 nitrogen and oxygen atoms in total. The average molecular weight is 575 g/mol. The molecule has 0 spiro atoms. The molecule has 174 valence electrons. The summed E-state index contributed by atoms with van der Waals surface area (Å²) in [6.07, 6.45) is 6.51. The van der Waals surface area contributed by atoms with Crippen molar-refractivity contribution in [2.45, 2.75) is 71.9 Å². The van der Waals surface area contributed by atoms with Crippen molar-refractivity contribution in [3.63, 3.8) is 0 Å².